The molecule has 1 unspecified atom stereocenters. The van der Waals surface area contributed by atoms with Crippen LogP contribution in [0.5, 0.6) is 0 Å². The molecule has 1 spiro atoms. The summed E-state index contributed by atoms with van der Waals surface area (Å²) in [6.07, 6.45) is 3.63. The molecule has 4 heterocycles. The molecule has 5 rings (SSSR count). The van der Waals surface area contributed by atoms with Gasteiger partial charge < -0.3 is 25.0 Å². The number of pyridine rings is 1. The highest BCUT2D eigenvalue weighted by atomic mass is 16.6. The topological polar surface area (TPSA) is 159 Å². The summed E-state index contributed by atoms with van der Waals surface area (Å²) in [5, 5.41) is 8.04. The lowest BCUT2D eigenvalue weighted by Gasteiger charge is -2.39. The van der Waals surface area contributed by atoms with Gasteiger partial charge in [0.1, 0.15) is 17.7 Å². The van der Waals surface area contributed by atoms with E-state index >= 15 is 0 Å². The average molecular weight is 691 g/mol. The zero-order chi connectivity index (χ0) is 36.4. The van der Waals surface area contributed by atoms with Crippen molar-refractivity contribution in [1.29, 1.82) is 0 Å². The number of nitrogens with one attached hydrogen (secondary N) is 3. The van der Waals surface area contributed by atoms with E-state index in [0.717, 1.165) is 10.9 Å². The van der Waals surface area contributed by atoms with Crippen LogP contribution >= 0.6 is 0 Å². The van der Waals surface area contributed by atoms with Crippen LogP contribution in [-0.2, 0) is 28.7 Å². The third-order valence-electron chi connectivity index (χ3n) is 9.44. The Labute approximate surface area is 293 Å². The van der Waals surface area contributed by atoms with E-state index < -0.39 is 65.0 Å². The maximum Gasteiger partial charge on any atom is 0.410 e. The number of hydrogen-bond acceptors (Lipinski definition) is 9. The number of cyclic esters (lactones) is 1. The van der Waals surface area contributed by atoms with E-state index in [1.54, 1.807) is 52.5 Å². The normalized spacial score (nSPS) is 26.0. The first-order chi connectivity index (χ1) is 23.5. The first-order valence-corrected chi connectivity index (χ1v) is 17.5. The summed E-state index contributed by atoms with van der Waals surface area (Å²) in [4.78, 5) is 73.9. The smallest absolute Gasteiger partial charge is 0.410 e. The van der Waals surface area contributed by atoms with Crippen molar-refractivity contribution in [3.8, 4) is 0 Å². The second kappa shape index (κ2) is 14.8. The first-order valence-electron chi connectivity index (χ1n) is 17.5. The molecule has 50 heavy (non-hydrogen) atoms. The number of piperidine rings is 1. The third-order valence-corrected chi connectivity index (χ3v) is 9.44. The Balaban J connectivity index is 1.51. The Bertz CT molecular complexity index is 1660. The van der Waals surface area contributed by atoms with Crippen LogP contribution < -0.4 is 16.1 Å². The number of hydrazine groups is 1. The molecule has 2 fully saturated rings. The van der Waals surface area contributed by atoms with E-state index in [0.29, 0.717) is 30.6 Å². The summed E-state index contributed by atoms with van der Waals surface area (Å²) in [6.45, 7) is 13.2. The van der Waals surface area contributed by atoms with Crippen LogP contribution in [0.2, 0.25) is 0 Å². The van der Waals surface area contributed by atoms with Crippen molar-refractivity contribution in [2.75, 3.05) is 19.6 Å². The van der Waals surface area contributed by atoms with Crippen molar-refractivity contribution < 1.29 is 33.4 Å². The number of esters is 1. The predicted molar refractivity (Wildman–Crippen MR) is 187 cm³/mol. The molecule has 13 nitrogen and oxygen atoms in total. The molecule has 0 saturated carbocycles. The molecule has 4 amide bonds. The Morgan fingerprint density at radius 1 is 0.980 bits per heavy atom. The van der Waals surface area contributed by atoms with Crippen molar-refractivity contribution in [3.63, 3.8) is 0 Å². The summed E-state index contributed by atoms with van der Waals surface area (Å²) < 4.78 is 11.6. The van der Waals surface area contributed by atoms with E-state index in [4.69, 9.17) is 14.5 Å². The minimum Gasteiger partial charge on any atom is -0.451 e. The first kappa shape index (κ1) is 36.8. The molecule has 5 bridgehead atoms. The van der Waals surface area contributed by atoms with Crippen LogP contribution in [0, 0.1) is 11.3 Å². The molecule has 13 heteroatoms. The van der Waals surface area contributed by atoms with E-state index in [9.17, 15) is 24.0 Å². The molecule has 0 radical (unpaired) electrons. The number of nitrogens with zero attached hydrogens (tertiary/aromatic N) is 3. The lowest BCUT2D eigenvalue weighted by molar-refractivity contribution is -0.168. The van der Waals surface area contributed by atoms with Gasteiger partial charge in [-0.15, -0.1) is 0 Å². The molecule has 2 aromatic rings. The van der Waals surface area contributed by atoms with E-state index in [-0.39, 0.29) is 31.8 Å². The Morgan fingerprint density at radius 3 is 2.34 bits per heavy atom. The predicted octanol–water partition coefficient (Wildman–Crippen LogP) is 4.02. The van der Waals surface area contributed by atoms with Gasteiger partial charge in [0.25, 0.3) is 11.8 Å². The lowest BCUT2D eigenvalue weighted by atomic mass is 9.77. The van der Waals surface area contributed by atoms with Gasteiger partial charge in [0.05, 0.1) is 22.7 Å². The molecular weight excluding hydrogens is 640 g/mol. The Kier molecular flexibility index (Phi) is 10.8. The highest BCUT2D eigenvalue weighted by Gasteiger charge is 2.45. The Hall–Kier alpha value is -4.52. The van der Waals surface area contributed by atoms with Crippen LogP contribution in [0.25, 0.3) is 17.0 Å². The molecule has 3 N–H and O–H groups in total. The van der Waals surface area contributed by atoms with Crippen molar-refractivity contribution in [3.05, 3.63) is 47.7 Å². The number of carbonyl (C=O) groups is 5. The van der Waals surface area contributed by atoms with Gasteiger partial charge in [-0.3, -0.25) is 29.2 Å². The zero-order valence-corrected chi connectivity index (χ0v) is 30.1. The van der Waals surface area contributed by atoms with Gasteiger partial charge in [0.2, 0.25) is 5.91 Å². The standard InChI is InChI=1S/C37H50N6O7/c1-22(2)30-32(45)39-24(4)33(46)43-18-8-9-28(41-43)31(44)38-23(3)27-13-12-26-11-10-25(21-29(26)40-27)14-15-37(34(47)49-30)16-19-42(20-17-37)35(48)50-36(5,6)7/h10-15,21-24,28,30,41H,8-9,16-20H2,1-7H3,(H,38,44)(H,39,45)/b15-14+/t23-,24+,28+,30?/m1/s1. The zero-order valence-electron chi connectivity index (χ0n) is 30.1. The van der Waals surface area contributed by atoms with Crippen LogP contribution in [0.1, 0.15) is 91.4 Å². The summed E-state index contributed by atoms with van der Waals surface area (Å²) in [7, 11) is 0. The van der Waals surface area contributed by atoms with Gasteiger partial charge >= 0.3 is 12.1 Å². The number of rotatable bonds is 1. The fourth-order valence-corrected chi connectivity index (χ4v) is 6.44. The van der Waals surface area contributed by atoms with Gasteiger partial charge in [-0.2, -0.15) is 0 Å². The molecule has 270 valence electrons. The van der Waals surface area contributed by atoms with Crippen LogP contribution in [0.3, 0.4) is 0 Å². The number of carbonyl (C=O) groups excluding carboxylic acids is 5. The van der Waals surface area contributed by atoms with Crippen molar-refractivity contribution in [1.82, 2.24) is 31.0 Å². The number of aromatic nitrogens is 1. The third kappa shape index (κ3) is 8.43. The van der Waals surface area contributed by atoms with E-state index in [1.165, 1.54) is 5.01 Å². The number of ether oxygens (including phenoxy) is 2. The van der Waals surface area contributed by atoms with Crippen molar-refractivity contribution >= 4 is 46.8 Å². The molecule has 3 aliphatic rings. The molecule has 1 aromatic carbocycles. The maximum absolute atomic E-state index is 14.2. The molecule has 0 aliphatic carbocycles. The largest absolute Gasteiger partial charge is 0.451 e. The highest BCUT2D eigenvalue weighted by Crippen LogP contribution is 2.37. The number of amides is 4. The average Bonchev–Trinajstić information content (AvgIpc) is 3.07. The van der Waals surface area contributed by atoms with Gasteiger partial charge in [-0.25, -0.2) is 10.2 Å². The van der Waals surface area contributed by atoms with Gasteiger partial charge in [-0.05, 0) is 83.9 Å². The quantitative estimate of drug-likeness (QED) is 0.376. The fraction of sp³-hybridized carbons (Fsp3) is 0.568. The summed E-state index contributed by atoms with van der Waals surface area (Å²) >= 11 is 0. The second-order valence-corrected chi connectivity index (χ2v) is 15.0. The SMILES string of the molecule is CC(C)C1OC(=O)C2(/C=C/c3ccc4ccc(nc4c3)[C@@H](C)NC(=O)[C@@H]3CCCN(N3)C(=O)[C@H](C)NC1=O)CCN(C(=O)OC(C)(C)C)CC2. The number of likely N-dealkylation sites (tertiary alicyclic amines) is 1. The molecule has 2 saturated heterocycles. The second-order valence-electron chi connectivity index (χ2n) is 15.0. The van der Waals surface area contributed by atoms with Crippen LogP contribution in [-0.4, -0.2) is 88.1 Å². The van der Waals surface area contributed by atoms with Gasteiger partial charge in [0, 0.05) is 25.0 Å². The highest BCUT2D eigenvalue weighted by molar-refractivity contribution is 5.92. The summed E-state index contributed by atoms with van der Waals surface area (Å²) in [6, 6.07) is 7.60. The molecular formula is C37H50N6O7. The minimum atomic E-state index is -1.18. The number of hydrogen-bond donors (Lipinski definition) is 3. The summed E-state index contributed by atoms with van der Waals surface area (Å²) in [5.41, 5.74) is 3.40. The number of fused-ring (bicyclic) bond motifs is 4. The van der Waals surface area contributed by atoms with Crippen molar-refractivity contribution in [2.24, 2.45) is 11.3 Å². The molecule has 4 atom stereocenters. The minimum absolute atomic E-state index is 0.245. The summed E-state index contributed by atoms with van der Waals surface area (Å²) in [5.74, 6) is -2.26. The van der Waals surface area contributed by atoms with Crippen LogP contribution in [0.4, 0.5) is 4.79 Å². The van der Waals surface area contributed by atoms with Gasteiger partial charge in [0.15, 0.2) is 6.10 Å². The molecule has 1 aromatic heterocycles. The van der Waals surface area contributed by atoms with Gasteiger partial charge in [-0.1, -0.05) is 44.2 Å². The molecule has 3 aliphatic heterocycles. The van der Waals surface area contributed by atoms with E-state index in [2.05, 4.69) is 16.1 Å². The van der Waals surface area contributed by atoms with Crippen molar-refractivity contribution in [2.45, 2.75) is 104 Å². The number of benzene rings is 1. The monoisotopic (exact) mass is 690 g/mol. The van der Waals surface area contributed by atoms with Crippen LogP contribution in [0.15, 0.2) is 36.4 Å². The Morgan fingerprint density at radius 2 is 1.66 bits per heavy atom. The lowest BCUT2D eigenvalue weighted by Crippen LogP contribution is -2.61. The maximum atomic E-state index is 14.2. The fourth-order valence-electron chi connectivity index (χ4n) is 6.44. The van der Waals surface area contributed by atoms with E-state index in [1.807, 2.05) is 43.3 Å².